The fourth-order valence-electron chi connectivity index (χ4n) is 1.96. The fourth-order valence-corrected chi connectivity index (χ4v) is 2.21. The Kier molecular flexibility index (Phi) is 9.47. The Morgan fingerprint density at radius 2 is 1.39 bits per heavy atom. The van der Waals surface area contributed by atoms with Crippen LogP contribution in [0.25, 0.3) is 0 Å². The number of rotatable bonds is 5. The van der Waals surface area contributed by atoms with Gasteiger partial charge in [0, 0.05) is 41.5 Å². The van der Waals surface area contributed by atoms with Crippen molar-refractivity contribution in [1.82, 2.24) is 4.90 Å². The molecule has 2 rings (SSSR count). The van der Waals surface area contributed by atoms with Crippen molar-refractivity contribution in [3.63, 3.8) is 0 Å². The lowest BCUT2D eigenvalue weighted by Gasteiger charge is -2.05. The van der Waals surface area contributed by atoms with Crippen LogP contribution in [0.5, 0.6) is 0 Å². The number of ketones is 2. The molecule has 0 unspecified atom stereocenters. The normalized spacial score (nSPS) is 10.0. The average molecular weight is 414 g/mol. The van der Waals surface area contributed by atoms with Gasteiger partial charge in [-0.2, -0.15) is 10.5 Å². The number of hydrogen-bond acceptors (Lipinski definition) is 5. The first-order valence-electron chi connectivity index (χ1n) is 8.02. The molecule has 0 saturated carbocycles. The summed E-state index contributed by atoms with van der Waals surface area (Å²) in [4.78, 5) is 24.6. The van der Waals surface area contributed by atoms with Crippen LogP contribution in [0.3, 0.4) is 0 Å². The monoisotopic (exact) mass is 413 g/mol. The highest BCUT2D eigenvalue weighted by Gasteiger charge is 2.11. The zero-order valence-corrected chi connectivity index (χ0v) is 16.8. The van der Waals surface area contributed by atoms with Crippen LogP contribution >= 0.6 is 23.2 Å². The van der Waals surface area contributed by atoms with Gasteiger partial charge < -0.3 is 4.90 Å². The first-order valence-corrected chi connectivity index (χ1v) is 8.78. The smallest absolute Gasteiger partial charge is 0.205 e. The molecule has 0 saturated heterocycles. The van der Waals surface area contributed by atoms with Gasteiger partial charge in [0.1, 0.15) is 11.6 Å². The van der Waals surface area contributed by atoms with Crippen LogP contribution in [0.1, 0.15) is 27.1 Å². The van der Waals surface area contributed by atoms with E-state index < -0.39 is 0 Å². The minimum Gasteiger partial charge on any atom is -0.382 e. The Bertz CT molecular complexity index is 936. The Balaban J connectivity index is 0.000000292. The summed E-state index contributed by atoms with van der Waals surface area (Å²) >= 11 is 11.3. The van der Waals surface area contributed by atoms with Gasteiger partial charge in [-0.25, -0.2) is 0 Å². The van der Waals surface area contributed by atoms with E-state index in [1.165, 1.54) is 6.20 Å². The third-order valence-electron chi connectivity index (χ3n) is 3.26. The molecular formula is C21H17Cl2N3O2. The maximum Gasteiger partial charge on any atom is 0.205 e. The second-order valence-electron chi connectivity index (χ2n) is 5.72. The molecule has 5 nitrogen and oxygen atoms in total. The minimum atomic E-state index is -0.298. The molecule has 2 aromatic carbocycles. The summed E-state index contributed by atoms with van der Waals surface area (Å²) in [6.45, 7) is 0. The van der Waals surface area contributed by atoms with Crippen LogP contribution in [0, 0.1) is 22.7 Å². The van der Waals surface area contributed by atoms with Gasteiger partial charge in [-0.3, -0.25) is 9.59 Å². The van der Waals surface area contributed by atoms with Crippen LogP contribution < -0.4 is 0 Å². The second kappa shape index (κ2) is 11.6. The largest absolute Gasteiger partial charge is 0.382 e. The molecule has 0 amide bonds. The Morgan fingerprint density at radius 3 is 1.79 bits per heavy atom. The molecular weight excluding hydrogens is 397 g/mol. The van der Waals surface area contributed by atoms with Crippen molar-refractivity contribution in [3.8, 4) is 12.1 Å². The molecule has 0 aliphatic carbocycles. The number of hydrogen-bond donors (Lipinski definition) is 0. The van der Waals surface area contributed by atoms with E-state index in [-0.39, 0.29) is 23.6 Å². The zero-order valence-electron chi connectivity index (χ0n) is 15.3. The van der Waals surface area contributed by atoms with Gasteiger partial charge >= 0.3 is 0 Å². The molecule has 0 aliphatic rings. The third kappa shape index (κ3) is 7.63. The standard InChI is InChI=1S/C12H11ClN2O.C9H6ClNO/c1-15(2)8-10(7-14)12(16)9-3-5-11(13)6-4-9;10-8-3-1-7(2-4-8)9(12)5-6-11/h3-6,8H,1-2H3;1-4H,5H2/b10-8+;. The van der Waals surface area contributed by atoms with Crippen LogP contribution in [-0.2, 0) is 0 Å². The second-order valence-corrected chi connectivity index (χ2v) is 6.59. The van der Waals surface area contributed by atoms with Crippen LogP contribution in [0.2, 0.25) is 10.0 Å². The van der Waals surface area contributed by atoms with E-state index in [0.29, 0.717) is 21.2 Å². The fraction of sp³-hybridized carbons (Fsp3) is 0.143. The maximum atomic E-state index is 11.9. The Hall–Kier alpha value is -3.12. The van der Waals surface area contributed by atoms with Crippen molar-refractivity contribution in [3.05, 3.63) is 81.5 Å². The molecule has 0 aliphatic heterocycles. The van der Waals surface area contributed by atoms with E-state index in [1.54, 1.807) is 73.6 Å². The van der Waals surface area contributed by atoms with Crippen LogP contribution in [-0.4, -0.2) is 30.6 Å². The van der Waals surface area contributed by atoms with E-state index in [4.69, 9.17) is 33.7 Å². The van der Waals surface area contributed by atoms with E-state index in [0.717, 1.165) is 0 Å². The van der Waals surface area contributed by atoms with E-state index >= 15 is 0 Å². The topological polar surface area (TPSA) is 85.0 Å². The number of nitrogens with zero attached hydrogens (tertiary/aromatic N) is 3. The van der Waals surface area contributed by atoms with Gasteiger partial charge in [0.05, 0.1) is 12.5 Å². The maximum absolute atomic E-state index is 11.9. The molecule has 0 spiro atoms. The molecule has 7 heteroatoms. The molecule has 2 aromatic rings. The van der Waals surface area contributed by atoms with Gasteiger partial charge in [-0.15, -0.1) is 0 Å². The number of Topliss-reactive ketones (excluding diaryl/α,β-unsaturated/α-hetero) is 2. The predicted molar refractivity (Wildman–Crippen MR) is 109 cm³/mol. The van der Waals surface area contributed by atoms with E-state index in [1.807, 2.05) is 6.07 Å². The predicted octanol–water partition coefficient (Wildman–Crippen LogP) is 4.93. The molecule has 0 atom stereocenters. The number of carbonyl (C=O) groups is 2. The molecule has 142 valence electrons. The number of halogens is 2. The van der Waals surface area contributed by atoms with Gasteiger partial charge in [-0.05, 0) is 48.5 Å². The quantitative estimate of drug-likeness (QED) is 0.394. The highest BCUT2D eigenvalue weighted by molar-refractivity contribution is 6.31. The van der Waals surface area contributed by atoms with Crippen LogP contribution in [0.15, 0.2) is 60.3 Å². The van der Waals surface area contributed by atoms with Crippen LogP contribution in [0.4, 0.5) is 0 Å². The van der Waals surface area contributed by atoms with Crippen molar-refractivity contribution < 1.29 is 9.59 Å². The number of carbonyl (C=O) groups excluding carboxylic acids is 2. The van der Waals surface area contributed by atoms with Gasteiger partial charge in [-0.1, -0.05) is 23.2 Å². The lowest BCUT2D eigenvalue weighted by molar-refractivity contribution is 0.0996. The van der Waals surface area contributed by atoms with E-state index in [2.05, 4.69) is 0 Å². The summed E-state index contributed by atoms with van der Waals surface area (Å²) in [5.41, 5.74) is 1.09. The minimum absolute atomic E-state index is 0.0817. The van der Waals surface area contributed by atoms with Crippen molar-refractivity contribution in [2.24, 2.45) is 0 Å². The van der Waals surface area contributed by atoms with Gasteiger partial charge in [0.2, 0.25) is 5.78 Å². The molecule has 0 heterocycles. The summed E-state index contributed by atoms with van der Waals surface area (Å²) in [6, 6.07) is 16.6. The average Bonchev–Trinajstić information content (AvgIpc) is 2.67. The molecule has 0 aromatic heterocycles. The summed E-state index contributed by atoms with van der Waals surface area (Å²) in [6.07, 6.45) is 1.42. The summed E-state index contributed by atoms with van der Waals surface area (Å²) in [5.74, 6) is -0.470. The lowest BCUT2D eigenvalue weighted by atomic mass is 10.1. The SMILES string of the molecule is CN(C)/C=C(\C#N)C(=O)c1ccc(Cl)cc1.N#CCC(=O)c1ccc(Cl)cc1. The molecule has 0 N–H and O–H groups in total. The van der Waals surface area contributed by atoms with Crippen molar-refractivity contribution in [2.75, 3.05) is 14.1 Å². The highest BCUT2D eigenvalue weighted by atomic mass is 35.5. The summed E-state index contributed by atoms with van der Waals surface area (Å²) < 4.78 is 0. The van der Waals surface area contributed by atoms with E-state index in [9.17, 15) is 9.59 Å². The molecule has 0 radical (unpaired) electrons. The van der Waals surface area contributed by atoms with Crippen molar-refractivity contribution in [2.45, 2.75) is 6.42 Å². The Morgan fingerprint density at radius 1 is 0.929 bits per heavy atom. The third-order valence-corrected chi connectivity index (χ3v) is 3.77. The molecule has 28 heavy (non-hydrogen) atoms. The first kappa shape index (κ1) is 22.9. The Labute approximate surface area is 174 Å². The molecule has 0 bridgehead atoms. The van der Waals surface area contributed by atoms with Crippen molar-refractivity contribution in [1.29, 1.82) is 10.5 Å². The van der Waals surface area contributed by atoms with Crippen molar-refractivity contribution >= 4 is 34.8 Å². The first-order chi connectivity index (χ1) is 13.3. The molecule has 0 fully saturated rings. The summed E-state index contributed by atoms with van der Waals surface area (Å²) in [5, 5.41) is 18.3. The number of nitriles is 2. The zero-order chi connectivity index (χ0) is 21.1. The summed E-state index contributed by atoms with van der Waals surface area (Å²) in [7, 11) is 3.51. The number of allylic oxidation sites excluding steroid dienone is 1. The lowest BCUT2D eigenvalue weighted by Crippen LogP contribution is -2.08. The van der Waals surface area contributed by atoms with Gasteiger partial charge in [0.15, 0.2) is 5.78 Å². The highest BCUT2D eigenvalue weighted by Crippen LogP contribution is 2.13. The van der Waals surface area contributed by atoms with Gasteiger partial charge in [0.25, 0.3) is 0 Å². The number of benzene rings is 2.